The molecule has 1 unspecified atom stereocenters. The first-order valence-corrected chi connectivity index (χ1v) is 7.17. The van der Waals surface area contributed by atoms with Gasteiger partial charge in [-0.2, -0.15) is 0 Å². The highest BCUT2D eigenvalue weighted by Crippen LogP contribution is 2.27. The number of nitrogens with one attached hydrogen (secondary N) is 1. The van der Waals surface area contributed by atoms with Crippen LogP contribution in [0.25, 0.3) is 0 Å². The Labute approximate surface area is 129 Å². The van der Waals surface area contributed by atoms with Crippen molar-refractivity contribution >= 4 is 23.2 Å². The number of benzene rings is 1. The summed E-state index contributed by atoms with van der Waals surface area (Å²) in [6, 6.07) is 4.93. The lowest BCUT2D eigenvalue weighted by Crippen LogP contribution is -2.38. The molecule has 0 aromatic heterocycles. The fourth-order valence-corrected chi connectivity index (χ4v) is 1.93. The van der Waals surface area contributed by atoms with Gasteiger partial charge in [0.2, 0.25) is 0 Å². The third-order valence-electron chi connectivity index (χ3n) is 2.74. The van der Waals surface area contributed by atoms with Gasteiger partial charge in [-0.05, 0) is 18.2 Å². The maximum Gasteiger partial charge on any atom is 0.138 e. The molecule has 0 fully saturated rings. The van der Waals surface area contributed by atoms with Crippen molar-refractivity contribution in [1.29, 1.82) is 0 Å². The Bertz CT molecular complexity index is 427. The van der Waals surface area contributed by atoms with Crippen LogP contribution in [0.1, 0.15) is 13.8 Å². The average molecular weight is 322 g/mol. The molecule has 4 nitrogen and oxygen atoms in total. The van der Waals surface area contributed by atoms with Gasteiger partial charge in [0.1, 0.15) is 18.5 Å². The molecule has 0 aliphatic rings. The Morgan fingerprint density at radius 2 is 2.05 bits per heavy atom. The number of ether oxygens (including phenoxy) is 1. The van der Waals surface area contributed by atoms with E-state index in [4.69, 9.17) is 33.0 Å². The Balaban J connectivity index is 2.31. The van der Waals surface area contributed by atoms with E-state index in [0.29, 0.717) is 28.9 Å². The molecule has 3 N–H and O–H groups in total. The first kappa shape index (κ1) is 17.5. The summed E-state index contributed by atoms with van der Waals surface area (Å²) in [5, 5.41) is 23.0. The van der Waals surface area contributed by atoms with Crippen LogP contribution in [0.4, 0.5) is 0 Å². The van der Waals surface area contributed by atoms with Crippen molar-refractivity contribution in [2.24, 2.45) is 5.41 Å². The van der Waals surface area contributed by atoms with E-state index in [1.165, 1.54) is 0 Å². The van der Waals surface area contributed by atoms with Gasteiger partial charge in [-0.3, -0.25) is 0 Å². The number of hydrogen-bond acceptors (Lipinski definition) is 4. The zero-order valence-electron chi connectivity index (χ0n) is 11.7. The van der Waals surface area contributed by atoms with Gasteiger partial charge < -0.3 is 20.3 Å². The monoisotopic (exact) mass is 321 g/mol. The van der Waals surface area contributed by atoms with Gasteiger partial charge in [0.15, 0.2) is 0 Å². The molecule has 0 saturated carbocycles. The van der Waals surface area contributed by atoms with Crippen LogP contribution in [-0.2, 0) is 0 Å². The number of rotatable bonds is 8. The zero-order chi connectivity index (χ0) is 15.2. The second-order valence-corrected chi connectivity index (χ2v) is 6.34. The van der Waals surface area contributed by atoms with Crippen LogP contribution in [0.3, 0.4) is 0 Å². The molecule has 1 aromatic carbocycles. The summed E-state index contributed by atoms with van der Waals surface area (Å²) >= 11 is 11.7. The molecular weight excluding hydrogens is 301 g/mol. The summed E-state index contributed by atoms with van der Waals surface area (Å²) in [6.07, 6.45) is -0.656. The first-order valence-electron chi connectivity index (χ1n) is 6.41. The van der Waals surface area contributed by atoms with Gasteiger partial charge in [-0.15, -0.1) is 0 Å². The molecule has 0 aliphatic heterocycles. The van der Waals surface area contributed by atoms with Crippen LogP contribution in [0.5, 0.6) is 5.75 Å². The minimum Gasteiger partial charge on any atom is -0.489 e. The third kappa shape index (κ3) is 6.29. The predicted molar refractivity (Wildman–Crippen MR) is 81.7 cm³/mol. The number of halogens is 2. The average Bonchev–Trinajstić information content (AvgIpc) is 2.37. The highest BCUT2D eigenvalue weighted by atomic mass is 35.5. The van der Waals surface area contributed by atoms with E-state index >= 15 is 0 Å². The van der Waals surface area contributed by atoms with E-state index in [0.717, 1.165) is 0 Å². The highest BCUT2D eigenvalue weighted by molar-refractivity contribution is 6.35. The Kier molecular flexibility index (Phi) is 7.06. The Hall–Kier alpha value is -0.520. The van der Waals surface area contributed by atoms with Crippen LogP contribution < -0.4 is 10.1 Å². The molecule has 0 aliphatic carbocycles. The fraction of sp³-hybridized carbons (Fsp3) is 0.571. The molecule has 1 atom stereocenters. The van der Waals surface area contributed by atoms with Gasteiger partial charge in [-0.1, -0.05) is 37.0 Å². The van der Waals surface area contributed by atoms with Gasteiger partial charge in [0.05, 0.1) is 5.02 Å². The lowest BCUT2D eigenvalue weighted by molar-refractivity contribution is 0.0980. The lowest BCUT2D eigenvalue weighted by Gasteiger charge is -2.23. The SMILES string of the molecule is CC(C)(CO)CNCC(O)COc1ccc(Cl)cc1Cl. The summed E-state index contributed by atoms with van der Waals surface area (Å²) in [6.45, 7) is 5.10. The smallest absolute Gasteiger partial charge is 0.138 e. The summed E-state index contributed by atoms with van der Waals surface area (Å²) in [7, 11) is 0. The fourth-order valence-electron chi connectivity index (χ4n) is 1.47. The summed E-state index contributed by atoms with van der Waals surface area (Å²) in [4.78, 5) is 0. The zero-order valence-corrected chi connectivity index (χ0v) is 13.2. The van der Waals surface area contributed by atoms with Crippen molar-refractivity contribution in [3.8, 4) is 5.75 Å². The van der Waals surface area contributed by atoms with Crippen LogP contribution in [0, 0.1) is 5.41 Å². The number of aliphatic hydroxyl groups is 2. The minimum absolute atomic E-state index is 0.0903. The van der Waals surface area contributed by atoms with E-state index in [-0.39, 0.29) is 18.6 Å². The van der Waals surface area contributed by atoms with Crippen molar-refractivity contribution in [3.63, 3.8) is 0 Å². The third-order valence-corrected chi connectivity index (χ3v) is 3.27. The quantitative estimate of drug-likeness (QED) is 0.687. The number of hydrogen-bond donors (Lipinski definition) is 3. The standard InChI is InChI=1S/C14H21Cl2NO3/c1-14(2,9-18)8-17-6-11(19)7-20-13-4-3-10(15)5-12(13)16/h3-5,11,17-19H,6-9H2,1-2H3. The van der Waals surface area contributed by atoms with Crippen molar-refractivity contribution < 1.29 is 14.9 Å². The van der Waals surface area contributed by atoms with Crippen LogP contribution >= 0.6 is 23.2 Å². The summed E-state index contributed by atoms with van der Waals surface area (Å²) < 4.78 is 5.43. The van der Waals surface area contributed by atoms with Gasteiger partial charge in [0.25, 0.3) is 0 Å². The normalized spacial score (nSPS) is 13.3. The minimum atomic E-state index is -0.656. The van der Waals surface area contributed by atoms with E-state index in [1.54, 1.807) is 18.2 Å². The van der Waals surface area contributed by atoms with Gasteiger partial charge in [-0.25, -0.2) is 0 Å². The maximum absolute atomic E-state index is 9.81. The molecule has 6 heteroatoms. The van der Waals surface area contributed by atoms with Gasteiger partial charge >= 0.3 is 0 Å². The molecule has 20 heavy (non-hydrogen) atoms. The predicted octanol–water partition coefficient (Wildman–Crippen LogP) is 2.34. The molecule has 0 amide bonds. The molecule has 1 rings (SSSR count). The number of aliphatic hydroxyl groups excluding tert-OH is 2. The van der Waals surface area contributed by atoms with E-state index in [9.17, 15) is 5.11 Å². The van der Waals surface area contributed by atoms with E-state index < -0.39 is 6.10 Å². The molecule has 0 spiro atoms. The molecule has 0 bridgehead atoms. The first-order chi connectivity index (χ1) is 9.34. The topological polar surface area (TPSA) is 61.7 Å². The molecule has 0 heterocycles. The van der Waals surface area contributed by atoms with Crippen LogP contribution in [0.2, 0.25) is 10.0 Å². The van der Waals surface area contributed by atoms with E-state index in [2.05, 4.69) is 5.32 Å². The Morgan fingerprint density at radius 3 is 2.65 bits per heavy atom. The van der Waals surface area contributed by atoms with Crippen LogP contribution in [0.15, 0.2) is 18.2 Å². The van der Waals surface area contributed by atoms with Crippen LogP contribution in [-0.4, -0.2) is 42.6 Å². The molecule has 1 aromatic rings. The summed E-state index contributed by atoms with van der Waals surface area (Å²) in [5.74, 6) is 0.491. The summed E-state index contributed by atoms with van der Waals surface area (Å²) in [5.41, 5.74) is -0.208. The lowest BCUT2D eigenvalue weighted by atomic mass is 9.95. The second kappa shape index (κ2) is 8.05. The largest absolute Gasteiger partial charge is 0.489 e. The molecule has 114 valence electrons. The second-order valence-electron chi connectivity index (χ2n) is 5.49. The molecule has 0 saturated heterocycles. The van der Waals surface area contributed by atoms with Crippen molar-refractivity contribution in [3.05, 3.63) is 28.2 Å². The van der Waals surface area contributed by atoms with Crippen molar-refractivity contribution in [2.45, 2.75) is 20.0 Å². The van der Waals surface area contributed by atoms with Crippen molar-refractivity contribution in [1.82, 2.24) is 5.32 Å². The maximum atomic E-state index is 9.81. The molecule has 0 radical (unpaired) electrons. The van der Waals surface area contributed by atoms with Crippen molar-refractivity contribution in [2.75, 3.05) is 26.3 Å². The van der Waals surface area contributed by atoms with Gasteiger partial charge in [0, 0.05) is 30.1 Å². The Morgan fingerprint density at radius 1 is 1.35 bits per heavy atom. The highest BCUT2D eigenvalue weighted by Gasteiger charge is 2.16. The molecular formula is C14H21Cl2NO3. The van der Waals surface area contributed by atoms with E-state index in [1.807, 2.05) is 13.8 Å².